The fourth-order valence-electron chi connectivity index (χ4n) is 3.07. The van der Waals surface area contributed by atoms with Crippen LogP contribution in [-0.4, -0.2) is 68.9 Å². The lowest BCUT2D eigenvalue weighted by Crippen LogP contribution is -2.51. The van der Waals surface area contributed by atoms with Crippen LogP contribution in [0.2, 0.25) is 0 Å². The summed E-state index contributed by atoms with van der Waals surface area (Å²) in [6.07, 6.45) is -4.53. The van der Waals surface area contributed by atoms with E-state index >= 15 is 0 Å². The zero-order chi connectivity index (χ0) is 24.2. The Kier molecular flexibility index (Phi) is 7.32. The van der Waals surface area contributed by atoms with Crippen molar-refractivity contribution in [2.45, 2.75) is 18.2 Å². The number of rotatable bonds is 7. The number of ether oxygens (including phenoxy) is 2. The van der Waals surface area contributed by atoms with Gasteiger partial charge in [0.2, 0.25) is 10.9 Å². The van der Waals surface area contributed by atoms with E-state index in [-0.39, 0.29) is 44.3 Å². The summed E-state index contributed by atoms with van der Waals surface area (Å²) in [6.45, 7) is 1.25. The van der Waals surface area contributed by atoms with Gasteiger partial charge in [-0.05, 0) is 37.3 Å². The second-order valence-corrected chi connectivity index (χ2v) is 8.81. The maximum absolute atomic E-state index is 12.8. The molecule has 0 N–H and O–H groups in total. The van der Waals surface area contributed by atoms with Gasteiger partial charge in [-0.1, -0.05) is 6.07 Å². The SMILES string of the molecule is CCOC(=O)c1ccc(S(=O)(=O)N2CCN(C(=O)COc3cccc(C(F)(F)F)c3)CC2)o1. The standard InChI is InChI=1S/C20H21F3N2O7S/c1-2-30-19(27)16-6-7-18(32-16)33(28,29)25-10-8-24(9-11-25)17(26)13-31-15-5-3-4-14(12-15)20(21,22)23/h3-7,12H,2,8-11,13H2,1H3. The summed E-state index contributed by atoms with van der Waals surface area (Å²) < 4.78 is 80.0. The third-order valence-electron chi connectivity index (χ3n) is 4.77. The van der Waals surface area contributed by atoms with E-state index in [1.54, 1.807) is 6.92 Å². The average Bonchev–Trinajstić information content (AvgIpc) is 3.29. The summed E-state index contributed by atoms with van der Waals surface area (Å²) in [5.74, 6) is -1.62. The van der Waals surface area contributed by atoms with Crippen LogP contribution in [0, 0.1) is 0 Å². The molecule has 0 atom stereocenters. The molecule has 33 heavy (non-hydrogen) atoms. The number of alkyl halides is 3. The largest absolute Gasteiger partial charge is 0.484 e. The Morgan fingerprint density at radius 1 is 1.09 bits per heavy atom. The number of hydrogen-bond donors (Lipinski definition) is 0. The van der Waals surface area contributed by atoms with E-state index in [1.165, 1.54) is 23.1 Å². The van der Waals surface area contributed by atoms with Crippen molar-refractivity contribution in [3.05, 3.63) is 47.7 Å². The van der Waals surface area contributed by atoms with Gasteiger partial charge in [-0.15, -0.1) is 0 Å². The molecule has 1 aromatic heterocycles. The van der Waals surface area contributed by atoms with Crippen molar-refractivity contribution in [2.24, 2.45) is 0 Å². The van der Waals surface area contributed by atoms with Crippen molar-refractivity contribution >= 4 is 21.9 Å². The van der Waals surface area contributed by atoms with E-state index in [0.717, 1.165) is 22.5 Å². The second-order valence-electron chi connectivity index (χ2n) is 6.94. The highest BCUT2D eigenvalue weighted by Crippen LogP contribution is 2.31. The number of amides is 1. The van der Waals surface area contributed by atoms with E-state index in [9.17, 15) is 31.2 Å². The first-order chi connectivity index (χ1) is 15.5. The number of benzene rings is 1. The van der Waals surface area contributed by atoms with E-state index in [4.69, 9.17) is 13.9 Å². The smallest absolute Gasteiger partial charge is 0.416 e. The van der Waals surface area contributed by atoms with Crippen LogP contribution in [0.15, 0.2) is 45.9 Å². The Balaban J connectivity index is 1.55. The molecule has 1 aromatic carbocycles. The van der Waals surface area contributed by atoms with Gasteiger partial charge < -0.3 is 18.8 Å². The summed E-state index contributed by atoms with van der Waals surface area (Å²) in [6, 6.07) is 6.53. The maximum Gasteiger partial charge on any atom is 0.416 e. The monoisotopic (exact) mass is 490 g/mol. The van der Waals surface area contributed by atoms with Crippen LogP contribution < -0.4 is 4.74 Å². The van der Waals surface area contributed by atoms with E-state index in [0.29, 0.717) is 0 Å². The predicted octanol–water partition coefficient (Wildman–Crippen LogP) is 2.39. The number of esters is 1. The molecule has 13 heteroatoms. The van der Waals surface area contributed by atoms with Gasteiger partial charge in [0, 0.05) is 26.2 Å². The highest BCUT2D eigenvalue weighted by Gasteiger charge is 2.33. The molecule has 9 nitrogen and oxygen atoms in total. The minimum Gasteiger partial charge on any atom is -0.484 e. The minimum absolute atomic E-state index is 0.0347. The molecule has 1 aliphatic heterocycles. The van der Waals surface area contributed by atoms with Crippen LogP contribution in [0.1, 0.15) is 23.0 Å². The fourth-order valence-corrected chi connectivity index (χ4v) is 4.41. The predicted molar refractivity (Wildman–Crippen MR) is 107 cm³/mol. The van der Waals surface area contributed by atoms with Gasteiger partial charge in [-0.25, -0.2) is 13.2 Å². The zero-order valence-corrected chi connectivity index (χ0v) is 18.3. The van der Waals surface area contributed by atoms with Gasteiger partial charge in [0.25, 0.3) is 15.9 Å². The van der Waals surface area contributed by atoms with Gasteiger partial charge in [-0.3, -0.25) is 4.79 Å². The Morgan fingerprint density at radius 2 is 1.79 bits per heavy atom. The fraction of sp³-hybridized carbons (Fsp3) is 0.400. The molecule has 1 aliphatic rings. The first kappa shape index (κ1) is 24.6. The van der Waals surface area contributed by atoms with Gasteiger partial charge in [0.05, 0.1) is 12.2 Å². The van der Waals surface area contributed by atoms with Gasteiger partial charge in [-0.2, -0.15) is 17.5 Å². The number of carbonyl (C=O) groups is 2. The number of carbonyl (C=O) groups excluding carboxylic acids is 2. The number of nitrogens with zero attached hydrogens (tertiary/aromatic N) is 2. The zero-order valence-electron chi connectivity index (χ0n) is 17.5. The summed E-state index contributed by atoms with van der Waals surface area (Å²) in [4.78, 5) is 25.4. The first-order valence-electron chi connectivity index (χ1n) is 9.87. The van der Waals surface area contributed by atoms with Crippen LogP contribution >= 0.6 is 0 Å². The molecule has 0 spiro atoms. The van der Waals surface area contributed by atoms with Crippen molar-refractivity contribution in [3.8, 4) is 5.75 Å². The van der Waals surface area contributed by atoms with E-state index in [1.807, 2.05) is 0 Å². The molecule has 2 aromatic rings. The van der Waals surface area contributed by atoms with E-state index in [2.05, 4.69) is 0 Å². The summed E-state index contributed by atoms with van der Waals surface area (Å²) in [7, 11) is -4.03. The quantitative estimate of drug-likeness (QED) is 0.549. The number of sulfonamides is 1. The van der Waals surface area contributed by atoms with Crippen LogP contribution in [0.4, 0.5) is 13.2 Å². The van der Waals surface area contributed by atoms with Gasteiger partial charge in [0.15, 0.2) is 6.61 Å². The third-order valence-corrected chi connectivity index (χ3v) is 6.54. The summed E-state index contributed by atoms with van der Waals surface area (Å²) in [5.41, 5.74) is -0.893. The molecule has 0 radical (unpaired) electrons. The normalized spacial score (nSPS) is 15.3. The van der Waals surface area contributed by atoms with Gasteiger partial charge >= 0.3 is 12.1 Å². The second kappa shape index (κ2) is 9.83. The molecular weight excluding hydrogens is 469 g/mol. The Bertz CT molecular complexity index is 1110. The lowest BCUT2D eigenvalue weighted by Gasteiger charge is -2.33. The van der Waals surface area contributed by atoms with Crippen LogP contribution in [0.25, 0.3) is 0 Å². The van der Waals surface area contributed by atoms with Crippen LogP contribution in [-0.2, 0) is 25.7 Å². The molecule has 0 bridgehead atoms. The van der Waals surface area contributed by atoms with Gasteiger partial charge in [0.1, 0.15) is 5.75 Å². The summed E-state index contributed by atoms with van der Waals surface area (Å²) in [5, 5.41) is -0.418. The Labute approximate surface area is 187 Å². The molecule has 180 valence electrons. The average molecular weight is 490 g/mol. The Hall–Kier alpha value is -3.06. The molecule has 1 saturated heterocycles. The molecule has 0 unspecified atom stereocenters. The van der Waals surface area contributed by atoms with Crippen molar-refractivity contribution < 1.29 is 45.1 Å². The molecule has 2 heterocycles. The lowest BCUT2D eigenvalue weighted by atomic mass is 10.2. The van der Waals surface area contributed by atoms with Crippen molar-refractivity contribution in [1.82, 2.24) is 9.21 Å². The molecule has 0 saturated carbocycles. The molecule has 3 rings (SSSR count). The molecule has 1 fully saturated rings. The van der Waals surface area contributed by atoms with Crippen molar-refractivity contribution in [1.29, 1.82) is 0 Å². The highest BCUT2D eigenvalue weighted by molar-refractivity contribution is 7.89. The third kappa shape index (κ3) is 5.85. The summed E-state index contributed by atoms with van der Waals surface area (Å²) >= 11 is 0. The minimum atomic E-state index is -4.53. The van der Waals surface area contributed by atoms with Crippen molar-refractivity contribution in [2.75, 3.05) is 39.4 Å². The van der Waals surface area contributed by atoms with Crippen LogP contribution in [0.5, 0.6) is 5.75 Å². The molecule has 1 amide bonds. The number of halogens is 3. The van der Waals surface area contributed by atoms with Crippen LogP contribution in [0.3, 0.4) is 0 Å². The topological polar surface area (TPSA) is 106 Å². The number of piperazine rings is 1. The molecule has 0 aliphatic carbocycles. The molecular formula is C20H21F3N2O7S. The highest BCUT2D eigenvalue weighted by atomic mass is 32.2. The lowest BCUT2D eigenvalue weighted by molar-refractivity contribution is -0.137. The van der Waals surface area contributed by atoms with E-state index < -0.39 is 45.3 Å². The first-order valence-corrected chi connectivity index (χ1v) is 11.3. The Morgan fingerprint density at radius 3 is 2.42 bits per heavy atom. The van der Waals surface area contributed by atoms with Crippen molar-refractivity contribution in [3.63, 3.8) is 0 Å². The number of furan rings is 1. The number of hydrogen-bond acceptors (Lipinski definition) is 7. The maximum atomic E-state index is 12.8.